The van der Waals surface area contributed by atoms with Crippen LogP contribution >= 0.6 is 11.3 Å². The number of nitrogens with two attached hydrogens (primary N) is 1. The average molecular weight is 358 g/mol. The van der Waals surface area contributed by atoms with Gasteiger partial charge in [0, 0.05) is 4.88 Å². The monoisotopic (exact) mass is 358 g/mol. The van der Waals surface area contributed by atoms with Gasteiger partial charge in [0.25, 0.3) is 11.8 Å². The lowest BCUT2D eigenvalue weighted by Gasteiger charge is -2.11. The maximum absolute atomic E-state index is 12.3. The van der Waals surface area contributed by atoms with E-state index >= 15 is 0 Å². The van der Waals surface area contributed by atoms with E-state index in [-0.39, 0.29) is 12.5 Å². The molecule has 3 rings (SSSR count). The Kier molecular flexibility index (Phi) is 5.08. The van der Waals surface area contributed by atoms with Crippen LogP contribution in [0.15, 0.2) is 18.2 Å². The fourth-order valence-electron chi connectivity index (χ4n) is 3.08. The molecule has 0 saturated carbocycles. The van der Waals surface area contributed by atoms with Crippen LogP contribution in [0.1, 0.15) is 44.8 Å². The number of amides is 2. The molecule has 0 spiro atoms. The van der Waals surface area contributed by atoms with Crippen molar-refractivity contribution in [1.29, 1.82) is 0 Å². The van der Waals surface area contributed by atoms with E-state index in [1.54, 1.807) is 0 Å². The summed E-state index contributed by atoms with van der Waals surface area (Å²) in [6.45, 7) is 3.80. The number of rotatable bonds is 5. The number of benzene rings is 1. The number of hydrogen-bond donors (Lipinski definition) is 2. The van der Waals surface area contributed by atoms with Crippen molar-refractivity contribution in [1.82, 2.24) is 0 Å². The predicted molar refractivity (Wildman–Crippen MR) is 99.5 cm³/mol. The van der Waals surface area contributed by atoms with E-state index < -0.39 is 5.91 Å². The summed E-state index contributed by atoms with van der Waals surface area (Å²) in [5.74, 6) is -0.0806. The third-order valence-electron chi connectivity index (χ3n) is 4.37. The highest BCUT2D eigenvalue weighted by molar-refractivity contribution is 7.17. The Morgan fingerprint density at radius 1 is 1.24 bits per heavy atom. The number of hydrogen-bond acceptors (Lipinski definition) is 4. The summed E-state index contributed by atoms with van der Waals surface area (Å²) in [6.07, 6.45) is 3.94. The van der Waals surface area contributed by atoms with Crippen LogP contribution in [0.5, 0.6) is 5.75 Å². The zero-order chi connectivity index (χ0) is 18.0. The van der Waals surface area contributed by atoms with Crippen molar-refractivity contribution in [3.63, 3.8) is 0 Å². The summed E-state index contributed by atoms with van der Waals surface area (Å²) in [4.78, 5) is 25.3. The minimum absolute atomic E-state index is 0.106. The molecule has 0 fully saturated rings. The minimum atomic E-state index is -0.481. The normalized spacial score (nSPS) is 13.2. The lowest BCUT2D eigenvalue weighted by atomic mass is 9.95. The molecule has 1 aromatic carbocycles. The van der Waals surface area contributed by atoms with Gasteiger partial charge in [-0.3, -0.25) is 9.59 Å². The fraction of sp³-hybridized carbons (Fsp3) is 0.368. The smallest absolute Gasteiger partial charge is 0.262 e. The Morgan fingerprint density at radius 3 is 2.76 bits per heavy atom. The zero-order valence-electron chi connectivity index (χ0n) is 14.5. The van der Waals surface area contributed by atoms with Gasteiger partial charge in [0.1, 0.15) is 10.8 Å². The third kappa shape index (κ3) is 3.85. The predicted octanol–water partition coefficient (Wildman–Crippen LogP) is 3.36. The van der Waals surface area contributed by atoms with Crippen LogP contribution in [0.4, 0.5) is 5.00 Å². The van der Waals surface area contributed by atoms with Crippen molar-refractivity contribution < 1.29 is 14.3 Å². The van der Waals surface area contributed by atoms with E-state index in [0.29, 0.717) is 16.3 Å². The average Bonchev–Trinajstić information content (AvgIpc) is 2.93. The van der Waals surface area contributed by atoms with E-state index in [2.05, 4.69) is 5.32 Å². The Hall–Kier alpha value is -2.34. The van der Waals surface area contributed by atoms with Crippen LogP contribution in [-0.4, -0.2) is 18.4 Å². The summed E-state index contributed by atoms with van der Waals surface area (Å²) < 4.78 is 5.63. The quantitative estimate of drug-likeness (QED) is 0.860. The molecule has 0 atom stereocenters. The van der Waals surface area contributed by atoms with Crippen molar-refractivity contribution in [2.75, 3.05) is 11.9 Å². The summed E-state index contributed by atoms with van der Waals surface area (Å²) in [6, 6.07) is 5.86. The van der Waals surface area contributed by atoms with Crippen molar-refractivity contribution in [3.8, 4) is 5.75 Å². The van der Waals surface area contributed by atoms with Crippen LogP contribution in [0.25, 0.3) is 0 Å². The third-order valence-corrected chi connectivity index (χ3v) is 5.58. The summed E-state index contributed by atoms with van der Waals surface area (Å²) in [5.41, 5.74) is 9.07. The number of thiophene rings is 1. The van der Waals surface area contributed by atoms with Crippen molar-refractivity contribution in [2.45, 2.75) is 39.5 Å². The van der Waals surface area contributed by atoms with Gasteiger partial charge in [0.15, 0.2) is 6.61 Å². The summed E-state index contributed by atoms with van der Waals surface area (Å²) >= 11 is 1.46. The number of carbonyl (C=O) groups is 2. The van der Waals surface area contributed by atoms with Gasteiger partial charge in [-0.1, -0.05) is 12.1 Å². The molecule has 1 aliphatic rings. The number of aryl methyl sites for hydroxylation is 3. The first-order chi connectivity index (χ1) is 12.0. The molecule has 0 aliphatic heterocycles. The Bertz CT molecular complexity index is 826. The highest BCUT2D eigenvalue weighted by Crippen LogP contribution is 2.37. The Morgan fingerprint density at radius 2 is 2.00 bits per heavy atom. The maximum Gasteiger partial charge on any atom is 0.262 e. The number of ether oxygens (including phenoxy) is 1. The molecule has 6 heteroatoms. The largest absolute Gasteiger partial charge is 0.483 e. The van der Waals surface area contributed by atoms with E-state index in [1.165, 1.54) is 11.3 Å². The topological polar surface area (TPSA) is 81.4 Å². The molecule has 2 amide bonds. The molecule has 132 valence electrons. The van der Waals surface area contributed by atoms with E-state index in [9.17, 15) is 9.59 Å². The van der Waals surface area contributed by atoms with E-state index in [0.717, 1.165) is 47.3 Å². The molecule has 0 unspecified atom stereocenters. The molecule has 0 radical (unpaired) electrons. The van der Waals surface area contributed by atoms with Crippen LogP contribution in [-0.2, 0) is 17.6 Å². The number of nitrogens with one attached hydrogen (secondary N) is 1. The summed E-state index contributed by atoms with van der Waals surface area (Å²) in [7, 11) is 0. The van der Waals surface area contributed by atoms with Crippen molar-refractivity contribution in [3.05, 3.63) is 45.3 Å². The molecular weight excluding hydrogens is 336 g/mol. The molecule has 0 bridgehead atoms. The molecule has 0 saturated heterocycles. The molecular formula is C19H22N2O3S. The Balaban J connectivity index is 1.72. The van der Waals surface area contributed by atoms with Gasteiger partial charge in [0.2, 0.25) is 0 Å². The molecule has 25 heavy (non-hydrogen) atoms. The minimum Gasteiger partial charge on any atom is -0.483 e. The highest BCUT2D eigenvalue weighted by atomic mass is 32.1. The first-order valence-corrected chi connectivity index (χ1v) is 9.21. The first-order valence-electron chi connectivity index (χ1n) is 8.40. The molecule has 1 aromatic heterocycles. The highest BCUT2D eigenvalue weighted by Gasteiger charge is 2.25. The van der Waals surface area contributed by atoms with Crippen LogP contribution in [0.2, 0.25) is 0 Å². The molecule has 1 aliphatic carbocycles. The Labute approximate surface area is 151 Å². The van der Waals surface area contributed by atoms with Gasteiger partial charge in [-0.15, -0.1) is 11.3 Å². The first kappa shape index (κ1) is 17.5. The number of carbonyl (C=O) groups excluding carboxylic acids is 2. The zero-order valence-corrected chi connectivity index (χ0v) is 15.3. The van der Waals surface area contributed by atoms with Gasteiger partial charge in [0.05, 0.1) is 5.56 Å². The second-order valence-corrected chi connectivity index (χ2v) is 7.49. The molecule has 2 aromatic rings. The second-order valence-electron chi connectivity index (χ2n) is 6.39. The fourth-order valence-corrected chi connectivity index (χ4v) is 4.39. The van der Waals surface area contributed by atoms with Crippen molar-refractivity contribution in [2.24, 2.45) is 5.73 Å². The lowest BCUT2D eigenvalue weighted by molar-refractivity contribution is -0.118. The second kappa shape index (κ2) is 7.27. The maximum atomic E-state index is 12.3. The van der Waals surface area contributed by atoms with Gasteiger partial charge >= 0.3 is 0 Å². The van der Waals surface area contributed by atoms with Gasteiger partial charge in [-0.25, -0.2) is 0 Å². The van der Waals surface area contributed by atoms with Crippen LogP contribution in [0, 0.1) is 13.8 Å². The van der Waals surface area contributed by atoms with Crippen LogP contribution in [0.3, 0.4) is 0 Å². The number of fused-ring (bicyclic) bond motifs is 1. The van der Waals surface area contributed by atoms with Gasteiger partial charge < -0.3 is 15.8 Å². The van der Waals surface area contributed by atoms with E-state index in [4.69, 9.17) is 10.5 Å². The standard InChI is InChI=1S/C19H22N2O3S/c1-11-7-8-12(2)14(9-11)24-10-16(22)21-19-17(18(20)23)13-5-3-4-6-15(13)25-19/h7-9H,3-6,10H2,1-2H3,(H2,20,23)(H,21,22). The van der Waals surface area contributed by atoms with Gasteiger partial charge in [-0.2, -0.15) is 0 Å². The summed E-state index contributed by atoms with van der Waals surface area (Å²) in [5, 5.41) is 3.36. The number of primary amides is 1. The van der Waals surface area contributed by atoms with E-state index in [1.807, 2.05) is 32.0 Å². The van der Waals surface area contributed by atoms with Crippen LogP contribution < -0.4 is 15.8 Å². The lowest BCUT2D eigenvalue weighted by Crippen LogP contribution is -2.22. The van der Waals surface area contributed by atoms with Gasteiger partial charge in [-0.05, 0) is 62.3 Å². The molecule has 5 nitrogen and oxygen atoms in total. The molecule has 1 heterocycles. The van der Waals surface area contributed by atoms with Crippen molar-refractivity contribution >= 4 is 28.2 Å². The molecule has 3 N–H and O–H groups in total. The number of anilines is 1. The SMILES string of the molecule is Cc1ccc(C)c(OCC(=O)Nc2sc3c(c2C(N)=O)CCCC3)c1.